The Hall–Kier alpha value is -3.61. The van der Waals surface area contributed by atoms with E-state index in [0.29, 0.717) is 36.8 Å². The molecule has 0 bridgehead atoms. The first-order chi connectivity index (χ1) is 14.1. The molecule has 0 spiro atoms. The molecular weight excluding hydrogens is 372 g/mol. The Morgan fingerprint density at radius 3 is 2.72 bits per heavy atom. The zero-order chi connectivity index (χ0) is 20.2. The summed E-state index contributed by atoms with van der Waals surface area (Å²) in [6.07, 6.45) is 0. The highest BCUT2D eigenvalue weighted by Crippen LogP contribution is 2.23. The van der Waals surface area contributed by atoms with E-state index in [1.54, 1.807) is 35.2 Å². The molecule has 7 nitrogen and oxygen atoms in total. The maximum atomic E-state index is 12.8. The van der Waals surface area contributed by atoms with Gasteiger partial charge in [-0.3, -0.25) is 9.59 Å². The van der Waals surface area contributed by atoms with Gasteiger partial charge in [-0.1, -0.05) is 23.4 Å². The fourth-order valence-electron chi connectivity index (χ4n) is 3.08. The van der Waals surface area contributed by atoms with Gasteiger partial charge in [0.2, 0.25) is 0 Å². The lowest BCUT2D eigenvalue weighted by Crippen LogP contribution is -2.32. The summed E-state index contributed by atoms with van der Waals surface area (Å²) in [6, 6.07) is 16.1. The molecule has 0 fully saturated rings. The molecule has 148 valence electrons. The van der Waals surface area contributed by atoms with Crippen molar-refractivity contribution in [2.45, 2.75) is 20.1 Å². The van der Waals surface area contributed by atoms with E-state index in [0.717, 1.165) is 11.3 Å². The Labute approximate surface area is 167 Å². The quantitative estimate of drug-likeness (QED) is 0.618. The Balaban J connectivity index is 1.39. The summed E-state index contributed by atoms with van der Waals surface area (Å²) in [5.74, 6) is 1.62. The van der Waals surface area contributed by atoms with Gasteiger partial charge in [-0.2, -0.15) is 0 Å². The van der Waals surface area contributed by atoms with Crippen LogP contribution in [0, 0.1) is 0 Å². The van der Waals surface area contributed by atoms with Crippen molar-refractivity contribution in [1.82, 2.24) is 10.1 Å². The Bertz CT molecular complexity index is 1030. The van der Waals surface area contributed by atoms with Gasteiger partial charge in [0.05, 0.1) is 6.54 Å². The van der Waals surface area contributed by atoms with E-state index in [-0.39, 0.29) is 24.0 Å². The number of carbonyl (C=O) groups excluding carboxylic acids is 2. The first-order valence-electron chi connectivity index (χ1n) is 9.29. The molecule has 0 radical (unpaired) electrons. The molecule has 0 atom stereocenters. The van der Waals surface area contributed by atoms with Crippen molar-refractivity contribution < 1.29 is 23.6 Å². The zero-order valence-corrected chi connectivity index (χ0v) is 16.0. The zero-order valence-electron chi connectivity index (χ0n) is 16.0. The van der Waals surface area contributed by atoms with Crippen molar-refractivity contribution >= 4 is 11.7 Å². The number of carbonyl (C=O) groups is 2. The maximum absolute atomic E-state index is 12.8. The van der Waals surface area contributed by atoms with Crippen LogP contribution in [0.1, 0.15) is 39.1 Å². The minimum absolute atomic E-state index is 0.00326. The minimum Gasteiger partial charge on any atom is -0.491 e. The summed E-state index contributed by atoms with van der Waals surface area (Å²) >= 11 is 0. The second-order valence-electron chi connectivity index (χ2n) is 6.73. The van der Waals surface area contributed by atoms with Crippen LogP contribution in [-0.2, 0) is 13.2 Å². The summed E-state index contributed by atoms with van der Waals surface area (Å²) in [4.78, 5) is 25.8. The number of hydrogen-bond acceptors (Lipinski definition) is 6. The molecular formula is C22H20N2O5. The minimum atomic E-state index is -0.217. The smallest absolute Gasteiger partial charge is 0.276 e. The van der Waals surface area contributed by atoms with Gasteiger partial charge < -0.3 is 18.9 Å². The van der Waals surface area contributed by atoms with Gasteiger partial charge in [0.15, 0.2) is 17.2 Å². The standard InChI is InChI=1S/C22H20N2O5/c1-15(25)16-6-8-18(9-7-16)28-14-19-12-20(23-29-19)22(26)24-10-11-27-21-5-3-2-4-17(21)13-24/h2-9,12H,10-11,13-14H2,1H3. The lowest BCUT2D eigenvalue weighted by molar-refractivity contribution is 0.0722. The Kier molecular flexibility index (Phi) is 5.29. The van der Waals surface area contributed by atoms with E-state index in [4.69, 9.17) is 14.0 Å². The molecule has 7 heteroatoms. The van der Waals surface area contributed by atoms with E-state index >= 15 is 0 Å². The first kappa shape index (κ1) is 18.7. The van der Waals surface area contributed by atoms with Gasteiger partial charge in [-0.25, -0.2) is 0 Å². The molecule has 29 heavy (non-hydrogen) atoms. The lowest BCUT2D eigenvalue weighted by Gasteiger charge is -2.18. The van der Waals surface area contributed by atoms with E-state index in [9.17, 15) is 9.59 Å². The first-order valence-corrected chi connectivity index (χ1v) is 9.29. The Morgan fingerprint density at radius 2 is 1.93 bits per heavy atom. The van der Waals surface area contributed by atoms with Gasteiger partial charge in [0.25, 0.3) is 5.91 Å². The van der Waals surface area contributed by atoms with E-state index in [2.05, 4.69) is 5.16 Å². The van der Waals surface area contributed by atoms with Crippen LogP contribution >= 0.6 is 0 Å². The topological polar surface area (TPSA) is 81.9 Å². The highest BCUT2D eigenvalue weighted by Gasteiger charge is 2.23. The van der Waals surface area contributed by atoms with Crippen LogP contribution < -0.4 is 9.47 Å². The third-order valence-corrected chi connectivity index (χ3v) is 4.66. The van der Waals surface area contributed by atoms with E-state index < -0.39 is 0 Å². The number of fused-ring (bicyclic) bond motifs is 1. The second-order valence-corrected chi connectivity index (χ2v) is 6.73. The number of para-hydroxylation sites is 1. The van der Waals surface area contributed by atoms with Crippen LogP contribution in [0.15, 0.2) is 59.1 Å². The third-order valence-electron chi connectivity index (χ3n) is 4.66. The van der Waals surface area contributed by atoms with Crippen LogP contribution in [0.5, 0.6) is 11.5 Å². The predicted octanol–water partition coefficient (Wildman–Crippen LogP) is 3.49. The predicted molar refractivity (Wildman–Crippen MR) is 104 cm³/mol. The van der Waals surface area contributed by atoms with E-state index in [1.165, 1.54) is 6.92 Å². The number of amides is 1. The van der Waals surface area contributed by atoms with Gasteiger partial charge >= 0.3 is 0 Å². The van der Waals surface area contributed by atoms with Crippen molar-refractivity contribution in [3.05, 3.63) is 77.2 Å². The average Bonchev–Trinajstić information content (AvgIpc) is 3.10. The molecule has 1 amide bonds. The molecule has 2 aromatic carbocycles. The highest BCUT2D eigenvalue weighted by molar-refractivity contribution is 5.94. The number of ether oxygens (including phenoxy) is 2. The van der Waals surface area contributed by atoms with Crippen molar-refractivity contribution in [2.75, 3.05) is 13.2 Å². The monoisotopic (exact) mass is 392 g/mol. The summed E-state index contributed by atoms with van der Waals surface area (Å²) in [5.41, 5.74) is 1.81. The molecule has 2 heterocycles. The molecule has 0 aliphatic carbocycles. The average molecular weight is 392 g/mol. The van der Waals surface area contributed by atoms with Gasteiger partial charge in [0.1, 0.15) is 24.7 Å². The van der Waals surface area contributed by atoms with Gasteiger partial charge in [-0.05, 0) is 37.3 Å². The maximum Gasteiger partial charge on any atom is 0.276 e. The van der Waals surface area contributed by atoms with E-state index in [1.807, 2.05) is 24.3 Å². The lowest BCUT2D eigenvalue weighted by atomic mass is 10.1. The van der Waals surface area contributed by atoms with Crippen LogP contribution in [0.3, 0.4) is 0 Å². The summed E-state index contributed by atoms with van der Waals surface area (Å²) < 4.78 is 16.6. The molecule has 1 aromatic heterocycles. The SMILES string of the molecule is CC(=O)c1ccc(OCc2cc(C(=O)N3CCOc4ccccc4C3)no2)cc1. The number of nitrogens with zero attached hydrogens (tertiary/aromatic N) is 2. The Morgan fingerprint density at radius 1 is 1.14 bits per heavy atom. The number of benzene rings is 2. The molecule has 4 rings (SSSR count). The van der Waals surface area contributed by atoms with Crippen LogP contribution in [0.2, 0.25) is 0 Å². The largest absolute Gasteiger partial charge is 0.491 e. The van der Waals surface area contributed by atoms with Gasteiger partial charge in [-0.15, -0.1) is 0 Å². The van der Waals surface area contributed by atoms with Crippen molar-refractivity contribution in [1.29, 1.82) is 0 Å². The molecule has 1 aliphatic rings. The molecule has 0 saturated carbocycles. The van der Waals surface area contributed by atoms with Crippen molar-refractivity contribution in [2.24, 2.45) is 0 Å². The molecule has 0 N–H and O–H groups in total. The summed E-state index contributed by atoms with van der Waals surface area (Å²) in [7, 11) is 0. The third kappa shape index (κ3) is 4.29. The van der Waals surface area contributed by atoms with Crippen LogP contribution in [0.25, 0.3) is 0 Å². The number of aromatic nitrogens is 1. The molecule has 0 saturated heterocycles. The molecule has 3 aromatic rings. The molecule has 1 aliphatic heterocycles. The van der Waals surface area contributed by atoms with Crippen molar-refractivity contribution in [3.63, 3.8) is 0 Å². The number of hydrogen-bond donors (Lipinski definition) is 0. The number of rotatable bonds is 5. The fourth-order valence-corrected chi connectivity index (χ4v) is 3.08. The summed E-state index contributed by atoms with van der Waals surface area (Å²) in [5, 5.41) is 3.90. The number of ketones is 1. The second kappa shape index (κ2) is 8.18. The van der Waals surface area contributed by atoms with Gasteiger partial charge in [0, 0.05) is 23.7 Å². The van der Waals surface area contributed by atoms with Crippen LogP contribution in [-0.4, -0.2) is 34.9 Å². The number of Topliss-reactive ketones (excluding diaryl/α,β-unsaturated/α-hetero) is 1. The van der Waals surface area contributed by atoms with Crippen molar-refractivity contribution in [3.8, 4) is 11.5 Å². The van der Waals surface area contributed by atoms with Crippen LogP contribution in [0.4, 0.5) is 0 Å². The highest BCUT2D eigenvalue weighted by atomic mass is 16.5. The summed E-state index contributed by atoms with van der Waals surface area (Å²) in [6.45, 7) is 2.99. The fraction of sp³-hybridized carbons (Fsp3) is 0.227. The molecule has 0 unspecified atom stereocenters. The normalized spacial score (nSPS) is 13.2.